The first-order chi connectivity index (χ1) is 13.0. The number of nitro benzene ring substituents is 1. The minimum absolute atomic E-state index is 0.0193. The highest BCUT2D eigenvalue weighted by Gasteiger charge is 2.22. The van der Waals surface area contributed by atoms with Crippen LogP contribution in [0.25, 0.3) is 0 Å². The van der Waals surface area contributed by atoms with Crippen molar-refractivity contribution in [2.45, 2.75) is 31.8 Å². The fourth-order valence-corrected chi connectivity index (χ4v) is 2.99. The van der Waals surface area contributed by atoms with Crippen molar-refractivity contribution in [2.24, 2.45) is 0 Å². The third-order valence-electron chi connectivity index (χ3n) is 4.19. The number of halogens is 2. The topological polar surface area (TPSA) is 90.7 Å². The van der Waals surface area contributed by atoms with E-state index in [0.29, 0.717) is 0 Å². The molecular weight excluding hydrogens is 379 g/mol. The summed E-state index contributed by atoms with van der Waals surface area (Å²) in [4.78, 5) is 33.2. The van der Waals surface area contributed by atoms with Crippen molar-refractivity contribution in [3.63, 3.8) is 0 Å². The molecule has 0 aliphatic heterocycles. The summed E-state index contributed by atoms with van der Waals surface area (Å²) in [5.74, 6) is -1.59. The Bertz CT molecular complexity index is 871. The molecule has 1 fully saturated rings. The van der Waals surface area contributed by atoms with E-state index < -0.39 is 16.6 Å². The van der Waals surface area contributed by atoms with Crippen molar-refractivity contribution < 1.29 is 23.9 Å². The predicted octanol–water partition coefficient (Wildman–Crippen LogP) is 4.89. The fraction of sp³-hybridized carbons (Fsp3) is 0.278. The first-order valence-corrected chi connectivity index (χ1v) is 8.70. The van der Waals surface area contributed by atoms with E-state index in [-0.39, 0.29) is 33.8 Å². The van der Waals surface area contributed by atoms with E-state index in [1.54, 1.807) is 0 Å². The second-order valence-corrected chi connectivity index (χ2v) is 6.48. The first kappa shape index (κ1) is 19.1. The molecule has 2 aromatic rings. The molecule has 0 aromatic heterocycles. The van der Waals surface area contributed by atoms with Gasteiger partial charge in [-0.05, 0) is 25.0 Å². The zero-order valence-electron chi connectivity index (χ0n) is 14.1. The van der Waals surface area contributed by atoms with Gasteiger partial charge < -0.3 is 10.2 Å². The van der Waals surface area contributed by atoms with Crippen LogP contribution in [-0.4, -0.2) is 16.9 Å². The summed E-state index contributed by atoms with van der Waals surface area (Å²) in [6.07, 6.45) is 3.75. The molecule has 1 amide bonds. The van der Waals surface area contributed by atoms with E-state index in [1.807, 2.05) is 0 Å². The Morgan fingerprint density at radius 2 is 1.96 bits per heavy atom. The van der Waals surface area contributed by atoms with Crippen LogP contribution in [0.15, 0.2) is 36.4 Å². The maximum atomic E-state index is 14.2. The van der Waals surface area contributed by atoms with Crippen LogP contribution in [0.1, 0.15) is 36.0 Å². The van der Waals surface area contributed by atoms with Crippen LogP contribution in [0.5, 0.6) is 5.75 Å². The first-order valence-electron chi connectivity index (χ1n) is 8.33. The van der Waals surface area contributed by atoms with Crippen molar-refractivity contribution in [1.82, 2.24) is 0 Å². The molecule has 2 aromatic carbocycles. The molecule has 7 nitrogen and oxygen atoms in total. The Hall–Kier alpha value is -2.71. The van der Waals surface area contributed by atoms with Gasteiger partial charge in [-0.15, -0.1) is 0 Å². The molecule has 0 heterocycles. The molecule has 1 aliphatic rings. The normalized spacial score (nSPS) is 14.1. The maximum Gasteiger partial charge on any atom is 0.282 e. The second-order valence-electron chi connectivity index (χ2n) is 6.08. The maximum absolute atomic E-state index is 14.2. The standard InChI is InChI=1S/C18H16ClFN2O5/c19-13-9-14(20)15(10-17(13)27-26-11-5-1-2-6-11)21-18(23)12-7-3-4-8-16(12)22(24)25/h3-4,7-11H,1-2,5-6H2,(H,21,23). The number of para-hydroxylation sites is 1. The lowest BCUT2D eigenvalue weighted by Crippen LogP contribution is -2.15. The summed E-state index contributed by atoms with van der Waals surface area (Å²) in [5.41, 5.74) is -0.806. The molecular formula is C18H16ClFN2O5. The van der Waals surface area contributed by atoms with Gasteiger partial charge >= 0.3 is 0 Å². The molecule has 9 heteroatoms. The third-order valence-corrected chi connectivity index (χ3v) is 4.49. The number of benzene rings is 2. The highest BCUT2D eigenvalue weighted by molar-refractivity contribution is 6.32. The number of hydrogen-bond donors (Lipinski definition) is 1. The summed E-state index contributed by atoms with van der Waals surface area (Å²) >= 11 is 5.96. The van der Waals surface area contributed by atoms with Crippen LogP contribution < -0.4 is 10.2 Å². The monoisotopic (exact) mass is 394 g/mol. The fourth-order valence-electron chi connectivity index (χ4n) is 2.81. The molecule has 3 rings (SSSR count). The third kappa shape index (κ3) is 4.53. The molecule has 142 valence electrons. The largest absolute Gasteiger partial charge is 0.336 e. The van der Waals surface area contributed by atoms with E-state index in [0.717, 1.165) is 31.7 Å². The number of carbonyl (C=O) groups is 1. The molecule has 1 saturated carbocycles. The van der Waals surface area contributed by atoms with Gasteiger partial charge in [0.05, 0.1) is 15.6 Å². The Morgan fingerprint density at radius 1 is 1.26 bits per heavy atom. The lowest BCUT2D eigenvalue weighted by atomic mass is 10.1. The summed E-state index contributed by atoms with van der Waals surface area (Å²) in [5, 5.41) is 13.3. The van der Waals surface area contributed by atoms with E-state index in [9.17, 15) is 19.3 Å². The van der Waals surface area contributed by atoms with Crippen LogP contribution in [0, 0.1) is 15.9 Å². The van der Waals surface area contributed by atoms with E-state index >= 15 is 0 Å². The lowest BCUT2D eigenvalue weighted by Gasteiger charge is -2.13. The van der Waals surface area contributed by atoms with Gasteiger partial charge in [0.15, 0.2) is 5.75 Å². The Morgan fingerprint density at radius 3 is 2.67 bits per heavy atom. The SMILES string of the molecule is O=C(Nc1cc(OOC2CCCC2)c(Cl)cc1F)c1ccccc1[N+](=O)[O-]. The summed E-state index contributed by atoms with van der Waals surface area (Å²) in [7, 11) is 0. The van der Waals surface area contributed by atoms with Crippen molar-refractivity contribution in [3.8, 4) is 5.75 Å². The molecule has 0 spiro atoms. The van der Waals surface area contributed by atoms with E-state index in [4.69, 9.17) is 21.4 Å². The van der Waals surface area contributed by atoms with Crippen molar-refractivity contribution in [1.29, 1.82) is 0 Å². The van der Waals surface area contributed by atoms with Crippen LogP contribution in [-0.2, 0) is 4.89 Å². The molecule has 0 saturated heterocycles. The van der Waals surface area contributed by atoms with Crippen molar-refractivity contribution in [2.75, 3.05) is 5.32 Å². The minimum Gasteiger partial charge on any atom is -0.336 e. The summed E-state index contributed by atoms with van der Waals surface area (Å²) in [6, 6.07) is 7.54. The molecule has 1 aliphatic carbocycles. The van der Waals surface area contributed by atoms with E-state index in [1.165, 1.54) is 30.3 Å². The van der Waals surface area contributed by atoms with Gasteiger partial charge in [0.2, 0.25) is 0 Å². The highest BCUT2D eigenvalue weighted by Crippen LogP contribution is 2.32. The van der Waals surface area contributed by atoms with Crippen molar-refractivity contribution >= 4 is 28.9 Å². The van der Waals surface area contributed by atoms with Gasteiger partial charge in [0.1, 0.15) is 17.5 Å². The van der Waals surface area contributed by atoms with Crippen LogP contribution in [0.3, 0.4) is 0 Å². The number of nitro groups is 1. The van der Waals surface area contributed by atoms with Gasteiger partial charge in [0.25, 0.3) is 11.6 Å². The Balaban J connectivity index is 1.79. The number of anilines is 1. The van der Waals surface area contributed by atoms with Crippen LogP contribution in [0.2, 0.25) is 5.02 Å². The molecule has 0 atom stereocenters. The van der Waals surface area contributed by atoms with Gasteiger partial charge in [-0.1, -0.05) is 36.6 Å². The summed E-state index contributed by atoms with van der Waals surface area (Å²) < 4.78 is 14.2. The minimum atomic E-state index is -0.828. The molecule has 27 heavy (non-hydrogen) atoms. The van der Waals surface area contributed by atoms with Gasteiger partial charge in [-0.25, -0.2) is 4.39 Å². The average molecular weight is 395 g/mol. The van der Waals surface area contributed by atoms with Gasteiger partial charge in [-0.2, -0.15) is 4.89 Å². The van der Waals surface area contributed by atoms with E-state index in [2.05, 4.69) is 5.32 Å². The van der Waals surface area contributed by atoms with Gasteiger partial charge in [0, 0.05) is 12.1 Å². The highest BCUT2D eigenvalue weighted by atomic mass is 35.5. The molecule has 0 bridgehead atoms. The number of nitrogens with one attached hydrogen (secondary N) is 1. The van der Waals surface area contributed by atoms with Crippen molar-refractivity contribution in [3.05, 3.63) is 62.9 Å². The molecule has 0 unspecified atom stereocenters. The number of amides is 1. The summed E-state index contributed by atoms with van der Waals surface area (Å²) in [6.45, 7) is 0. The Labute approximate surface area is 159 Å². The average Bonchev–Trinajstić information content (AvgIpc) is 3.16. The smallest absolute Gasteiger partial charge is 0.282 e. The molecule has 1 N–H and O–H groups in total. The Kier molecular flexibility index (Phi) is 5.88. The quantitative estimate of drug-likeness (QED) is 0.428. The lowest BCUT2D eigenvalue weighted by molar-refractivity contribution is -0.385. The number of nitrogens with zero attached hydrogens (tertiary/aromatic N) is 1. The predicted molar refractivity (Wildman–Crippen MR) is 96.4 cm³/mol. The number of hydrogen-bond acceptors (Lipinski definition) is 5. The zero-order valence-corrected chi connectivity index (χ0v) is 14.9. The molecule has 0 radical (unpaired) electrons. The number of carbonyl (C=O) groups excluding carboxylic acids is 1. The zero-order chi connectivity index (χ0) is 19.4. The van der Waals surface area contributed by atoms with Crippen LogP contribution in [0.4, 0.5) is 15.8 Å². The van der Waals surface area contributed by atoms with Crippen LogP contribution >= 0.6 is 11.6 Å². The second kappa shape index (κ2) is 8.32. The number of rotatable bonds is 6. The van der Waals surface area contributed by atoms with Gasteiger partial charge in [-0.3, -0.25) is 14.9 Å².